The minimum absolute atomic E-state index is 0.0449. The van der Waals surface area contributed by atoms with Crippen LogP contribution >= 0.6 is 11.8 Å². The van der Waals surface area contributed by atoms with Gasteiger partial charge < -0.3 is 20.7 Å². The highest BCUT2D eigenvalue weighted by Gasteiger charge is 2.82. The maximum Gasteiger partial charge on any atom is 0.349 e. The number of anilines is 1. The van der Waals surface area contributed by atoms with E-state index in [1.54, 1.807) is 6.26 Å². The molecule has 0 amide bonds. The van der Waals surface area contributed by atoms with E-state index < -0.39 is 41.8 Å². The Kier molecular flexibility index (Phi) is 3.28. The molecule has 2 fully saturated rings. The summed E-state index contributed by atoms with van der Waals surface area (Å²) in [5.41, 5.74) is 1.27. The van der Waals surface area contributed by atoms with Crippen LogP contribution in [0.2, 0.25) is 0 Å². The van der Waals surface area contributed by atoms with Crippen LogP contribution in [-0.2, 0) is 4.74 Å². The number of alkyl halides is 1. The summed E-state index contributed by atoms with van der Waals surface area (Å²) in [6.45, 7) is -0.487. The number of nitrogens with zero attached hydrogens (tertiary/aromatic N) is 2. The van der Waals surface area contributed by atoms with Crippen LogP contribution in [0.4, 0.5) is 10.2 Å². The molecule has 7 nitrogen and oxygen atoms in total. The number of ether oxygens (including phenoxy) is 1. The van der Waals surface area contributed by atoms with E-state index >= 15 is 4.39 Å². The second kappa shape index (κ2) is 4.67. The van der Waals surface area contributed by atoms with Crippen LogP contribution in [0.25, 0.3) is 0 Å². The average molecular weight is 317 g/mol. The molecular formula is C12H16FN3O4S. The zero-order chi connectivity index (χ0) is 15.4. The maximum atomic E-state index is 15.0. The Morgan fingerprint density at radius 2 is 2.38 bits per heavy atom. The molecule has 116 valence electrons. The number of halogens is 1. The van der Waals surface area contributed by atoms with E-state index in [1.807, 2.05) is 0 Å². The molecule has 4 N–H and O–H groups in total. The quantitative estimate of drug-likeness (QED) is 0.649. The third-order valence-electron chi connectivity index (χ3n) is 4.15. The summed E-state index contributed by atoms with van der Waals surface area (Å²) < 4.78 is 21.6. The number of hydrogen-bond donors (Lipinski definition) is 3. The summed E-state index contributed by atoms with van der Waals surface area (Å²) in [4.78, 5) is 15.3. The number of aliphatic hydroxyl groups is 2. The Morgan fingerprint density at radius 3 is 2.86 bits per heavy atom. The monoisotopic (exact) mass is 317 g/mol. The number of aromatic nitrogens is 2. The van der Waals surface area contributed by atoms with Gasteiger partial charge >= 0.3 is 5.69 Å². The smallest absolute Gasteiger partial charge is 0.349 e. The van der Waals surface area contributed by atoms with E-state index in [0.29, 0.717) is 0 Å². The molecule has 2 heterocycles. The standard InChI is InChI=1S/C12H16FN3O4S/c1-21-5-11(4-17)9(18)12(13)7(8(12)20-11)16-3-2-6(14)15-10(16)19/h2-3,7-9,17-18H,4-5H2,1H3,(H2,14,15,19)/t7?,8-,9+,11-,12+/m0/s1. The van der Waals surface area contributed by atoms with Gasteiger partial charge in [0, 0.05) is 11.9 Å². The molecule has 2 aliphatic rings. The molecule has 0 aromatic carbocycles. The zero-order valence-corrected chi connectivity index (χ0v) is 12.1. The minimum Gasteiger partial charge on any atom is -0.393 e. The molecule has 1 aromatic rings. The molecule has 1 aliphatic carbocycles. The number of nitrogen functional groups attached to an aromatic ring is 1. The largest absolute Gasteiger partial charge is 0.393 e. The predicted molar refractivity (Wildman–Crippen MR) is 74.9 cm³/mol. The number of nitrogens with two attached hydrogens (primary N) is 1. The fourth-order valence-corrected chi connectivity index (χ4v) is 3.85. The van der Waals surface area contributed by atoms with Gasteiger partial charge in [0.1, 0.15) is 29.7 Å². The number of aliphatic hydroxyl groups excluding tert-OH is 2. The SMILES string of the molecule is CSC[C@]1(CO)O[C@H]2C(n3ccc(N)nc3=O)[C@]2(F)[C@@H]1O. The molecule has 5 atom stereocenters. The lowest BCUT2D eigenvalue weighted by molar-refractivity contribution is -0.116. The third-order valence-corrected chi connectivity index (χ3v) is 4.93. The first-order valence-corrected chi connectivity index (χ1v) is 7.79. The first kappa shape index (κ1) is 14.8. The van der Waals surface area contributed by atoms with Gasteiger partial charge in [-0.25, -0.2) is 9.18 Å². The summed E-state index contributed by atoms with van der Waals surface area (Å²) in [5, 5.41) is 19.7. The van der Waals surface area contributed by atoms with Crippen LogP contribution in [0.5, 0.6) is 0 Å². The van der Waals surface area contributed by atoms with Gasteiger partial charge in [0.2, 0.25) is 0 Å². The van der Waals surface area contributed by atoms with E-state index in [-0.39, 0.29) is 11.6 Å². The van der Waals surface area contributed by atoms with Gasteiger partial charge in [-0.3, -0.25) is 4.57 Å². The van der Waals surface area contributed by atoms with E-state index in [0.717, 1.165) is 4.57 Å². The molecule has 0 bridgehead atoms. The molecule has 1 unspecified atom stereocenters. The second-order valence-electron chi connectivity index (χ2n) is 5.41. The van der Waals surface area contributed by atoms with Crippen LogP contribution in [0.1, 0.15) is 6.04 Å². The molecule has 3 rings (SSSR count). The minimum atomic E-state index is -2.10. The normalized spacial score (nSPS) is 41.0. The fourth-order valence-electron chi connectivity index (χ4n) is 3.04. The maximum absolute atomic E-state index is 15.0. The number of fused-ring (bicyclic) bond motifs is 1. The molecular weight excluding hydrogens is 301 g/mol. The van der Waals surface area contributed by atoms with Gasteiger partial charge in [-0.15, -0.1) is 0 Å². The molecule has 0 spiro atoms. The summed E-state index contributed by atoms with van der Waals surface area (Å²) in [5.74, 6) is 0.303. The highest BCUT2D eigenvalue weighted by Crippen LogP contribution is 2.64. The van der Waals surface area contributed by atoms with Gasteiger partial charge in [-0.1, -0.05) is 0 Å². The zero-order valence-electron chi connectivity index (χ0n) is 11.3. The van der Waals surface area contributed by atoms with Crippen molar-refractivity contribution in [2.75, 3.05) is 24.3 Å². The Balaban J connectivity index is 1.91. The summed E-state index contributed by atoms with van der Waals surface area (Å²) in [6.07, 6.45) is 0.617. The van der Waals surface area contributed by atoms with Crippen LogP contribution in [0, 0.1) is 0 Å². The Hall–Kier alpha value is -1.16. The van der Waals surface area contributed by atoms with E-state index in [2.05, 4.69) is 4.98 Å². The lowest BCUT2D eigenvalue weighted by atomic mass is 9.95. The van der Waals surface area contributed by atoms with Crippen LogP contribution < -0.4 is 11.4 Å². The van der Waals surface area contributed by atoms with Gasteiger partial charge in [-0.05, 0) is 12.3 Å². The van der Waals surface area contributed by atoms with E-state index in [9.17, 15) is 15.0 Å². The summed E-state index contributed by atoms with van der Waals surface area (Å²) >= 11 is 1.34. The highest BCUT2D eigenvalue weighted by molar-refractivity contribution is 7.98. The van der Waals surface area contributed by atoms with Crippen molar-refractivity contribution < 1.29 is 19.3 Å². The molecule has 1 saturated heterocycles. The van der Waals surface area contributed by atoms with Gasteiger partial charge in [0.05, 0.1) is 6.61 Å². The Labute approximate surface area is 123 Å². The van der Waals surface area contributed by atoms with Gasteiger partial charge in [-0.2, -0.15) is 16.7 Å². The van der Waals surface area contributed by atoms with Crippen LogP contribution in [0.15, 0.2) is 17.1 Å². The molecule has 9 heteroatoms. The summed E-state index contributed by atoms with van der Waals surface area (Å²) in [6, 6.07) is 0.432. The van der Waals surface area contributed by atoms with Crippen molar-refractivity contribution in [3.8, 4) is 0 Å². The molecule has 1 saturated carbocycles. The van der Waals surface area contributed by atoms with Gasteiger partial charge in [0.25, 0.3) is 0 Å². The van der Waals surface area contributed by atoms with E-state index in [1.165, 1.54) is 24.0 Å². The van der Waals surface area contributed by atoms with Gasteiger partial charge in [0.15, 0.2) is 5.67 Å². The molecule has 0 radical (unpaired) electrons. The number of hydrogen-bond acceptors (Lipinski definition) is 7. The third kappa shape index (κ3) is 1.84. The van der Waals surface area contributed by atoms with Crippen molar-refractivity contribution in [3.05, 3.63) is 22.7 Å². The molecule has 21 heavy (non-hydrogen) atoms. The van der Waals surface area contributed by atoms with Crippen molar-refractivity contribution in [2.24, 2.45) is 0 Å². The topological polar surface area (TPSA) is 111 Å². The number of thioether (sulfide) groups is 1. The van der Waals surface area contributed by atoms with Crippen molar-refractivity contribution in [1.82, 2.24) is 9.55 Å². The fraction of sp³-hybridized carbons (Fsp3) is 0.667. The second-order valence-corrected chi connectivity index (χ2v) is 6.28. The number of rotatable bonds is 4. The molecule has 1 aliphatic heterocycles. The van der Waals surface area contributed by atoms with E-state index in [4.69, 9.17) is 10.5 Å². The Bertz CT molecular complexity index is 629. The summed E-state index contributed by atoms with van der Waals surface area (Å²) in [7, 11) is 0. The average Bonchev–Trinajstić information content (AvgIpc) is 2.95. The predicted octanol–water partition coefficient (Wildman–Crippen LogP) is -1.06. The first-order valence-electron chi connectivity index (χ1n) is 6.40. The first-order chi connectivity index (χ1) is 9.90. The molecule has 1 aromatic heterocycles. The van der Waals surface area contributed by atoms with Crippen molar-refractivity contribution in [2.45, 2.75) is 29.5 Å². The lowest BCUT2D eigenvalue weighted by Crippen LogP contribution is -2.52. The van der Waals surface area contributed by atoms with Crippen molar-refractivity contribution in [3.63, 3.8) is 0 Å². The highest BCUT2D eigenvalue weighted by atomic mass is 32.2. The van der Waals surface area contributed by atoms with Crippen molar-refractivity contribution in [1.29, 1.82) is 0 Å². The van der Waals surface area contributed by atoms with Crippen LogP contribution in [0.3, 0.4) is 0 Å². The van der Waals surface area contributed by atoms with Crippen LogP contribution in [-0.4, -0.2) is 61.9 Å². The van der Waals surface area contributed by atoms with Crippen molar-refractivity contribution >= 4 is 17.6 Å². The lowest BCUT2D eigenvalue weighted by Gasteiger charge is -2.33. The Morgan fingerprint density at radius 1 is 1.67 bits per heavy atom.